The fraction of sp³-hybridized carbons (Fsp3) is 0.190. The van der Waals surface area contributed by atoms with Crippen molar-refractivity contribution in [3.8, 4) is 0 Å². The first-order chi connectivity index (χ1) is 14.2. The molecule has 0 saturated heterocycles. The molecule has 3 rings (SSSR count). The van der Waals surface area contributed by atoms with Crippen molar-refractivity contribution in [3.05, 3.63) is 81.2 Å². The molecule has 0 atom stereocenters. The normalized spacial score (nSPS) is 10.5. The number of amides is 2. The third-order valence-corrected chi connectivity index (χ3v) is 4.52. The van der Waals surface area contributed by atoms with E-state index in [0.29, 0.717) is 34.9 Å². The number of nitrogens with one attached hydrogen (secondary N) is 2. The highest BCUT2D eigenvalue weighted by Crippen LogP contribution is 2.23. The lowest BCUT2D eigenvalue weighted by molar-refractivity contribution is -0.386. The van der Waals surface area contributed by atoms with Crippen molar-refractivity contribution < 1.29 is 14.5 Å². The minimum atomic E-state index is -0.428. The predicted molar refractivity (Wildman–Crippen MR) is 113 cm³/mol. The maximum atomic E-state index is 12.5. The van der Waals surface area contributed by atoms with Crippen molar-refractivity contribution in [3.63, 3.8) is 0 Å². The van der Waals surface area contributed by atoms with Gasteiger partial charge in [0, 0.05) is 23.9 Å². The molecular weight excluding hydrogens is 386 g/mol. The van der Waals surface area contributed by atoms with Crippen LogP contribution in [0.3, 0.4) is 0 Å². The number of carbonyl (C=O) groups is 2. The smallest absolute Gasteiger partial charge is 0.312 e. The van der Waals surface area contributed by atoms with Crippen LogP contribution in [0.4, 0.5) is 17.1 Å². The van der Waals surface area contributed by atoms with E-state index in [-0.39, 0.29) is 17.5 Å². The Bertz CT molecular complexity index is 1120. The van der Waals surface area contributed by atoms with Crippen molar-refractivity contribution in [1.82, 2.24) is 9.78 Å². The van der Waals surface area contributed by atoms with Gasteiger partial charge in [0.15, 0.2) is 0 Å². The molecule has 1 aromatic heterocycles. The number of hydrogen-bond acceptors (Lipinski definition) is 5. The summed E-state index contributed by atoms with van der Waals surface area (Å²) < 4.78 is 1.58. The zero-order valence-corrected chi connectivity index (χ0v) is 16.8. The van der Waals surface area contributed by atoms with Gasteiger partial charge in [-0.05, 0) is 49.7 Å². The molecule has 9 nitrogen and oxygen atoms in total. The third-order valence-electron chi connectivity index (χ3n) is 4.52. The number of carbonyl (C=O) groups excluding carboxylic acids is 2. The molecule has 9 heteroatoms. The van der Waals surface area contributed by atoms with E-state index in [1.165, 1.54) is 6.92 Å². The fourth-order valence-corrected chi connectivity index (χ4v) is 3.12. The van der Waals surface area contributed by atoms with E-state index in [9.17, 15) is 19.7 Å². The molecule has 2 N–H and O–H groups in total. The number of rotatable bonds is 6. The molecule has 0 saturated carbocycles. The molecule has 2 aromatic carbocycles. The van der Waals surface area contributed by atoms with Crippen LogP contribution < -0.4 is 10.6 Å². The highest BCUT2D eigenvalue weighted by atomic mass is 16.6. The second-order valence-electron chi connectivity index (χ2n) is 6.85. The van der Waals surface area contributed by atoms with E-state index >= 15 is 0 Å². The highest BCUT2D eigenvalue weighted by molar-refractivity contribution is 6.04. The van der Waals surface area contributed by atoms with Gasteiger partial charge in [0.2, 0.25) is 5.91 Å². The number of hydrogen-bond donors (Lipinski definition) is 2. The van der Waals surface area contributed by atoms with Crippen LogP contribution in [-0.2, 0) is 11.3 Å². The van der Waals surface area contributed by atoms with Crippen molar-refractivity contribution in [2.24, 2.45) is 0 Å². The summed E-state index contributed by atoms with van der Waals surface area (Å²) in [5.41, 5.74) is 3.35. The summed E-state index contributed by atoms with van der Waals surface area (Å²) in [5, 5.41) is 20.8. The standard InChI is InChI=1S/C21H21N5O4/c1-13-20(26(29)30)14(2)25(24-13)12-16-7-9-17(10-8-16)21(28)23-19-6-4-5-18(11-19)22-15(3)27/h4-11H,12H2,1-3H3,(H,22,27)(H,23,28). The number of aryl methyl sites for hydroxylation is 1. The quantitative estimate of drug-likeness (QED) is 0.477. The Balaban J connectivity index is 1.70. The third kappa shape index (κ3) is 4.69. The molecule has 0 bridgehead atoms. The van der Waals surface area contributed by atoms with Crippen molar-refractivity contribution in [1.29, 1.82) is 0 Å². The molecule has 3 aromatic rings. The zero-order valence-electron chi connectivity index (χ0n) is 16.8. The second-order valence-corrected chi connectivity index (χ2v) is 6.85. The highest BCUT2D eigenvalue weighted by Gasteiger charge is 2.21. The van der Waals surface area contributed by atoms with E-state index in [2.05, 4.69) is 15.7 Å². The Morgan fingerprint density at radius 3 is 2.27 bits per heavy atom. The van der Waals surface area contributed by atoms with Crippen LogP contribution in [0.2, 0.25) is 0 Å². The average Bonchev–Trinajstić information content (AvgIpc) is 2.95. The number of benzene rings is 2. The summed E-state index contributed by atoms with van der Waals surface area (Å²) in [5.74, 6) is -0.481. The second kappa shape index (κ2) is 8.56. The topological polar surface area (TPSA) is 119 Å². The van der Waals surface area contributed by atoms with E-state index in [1.54, 1.807) is 67.1 Å². The summed E-state index contributed by atoms with van der Waals surface area (Å²) in [6.45, 7) is 5.04. The first kappa shape index (κ1) is 20.7. The van der Waals surface area contributed by atoms with E-state index in [1.807, 2.05) is 0 Å². The van der Waals surface area contributed by atoms with Gasteiger partial charge < -0.3 is 10.6 Å². The maximum Gasteiger partial charge on any atom is 0.312 e. The summed E-state index contributed by atoms with van der Waals surface area (Å²) in [6, 6.07) is 13.8. The fourth-order valence-electron chi connectivity index (χ4n) is 3.12. The Hall–Kier alpha value is -4.01. The van der Waals surface area contributed by atoms with E-state index in [4.69, 9.17) is 0 Å². The molecule has 0 fully saturated rings. The zero-order chi connectivity index (χ0) is 21.8. The molecule has 0 aliphatic carbocycles. The van der Waals surface area contributed by atoms with E-state index < -0.39 is 4.92 Å². The molecular formula is C21H21N5O4. The van der Waals surface area contributed by atoms with Crippen LogP contribution in [0.5, 0.6) is 0 Å². The molecule has 30 heavy (non-hydrogen) atoms. The van der Waals surface area contributed by atoms with Gasteiger partial charge in [-0.1, -0.05) is 18.2 Å². The predicted octanol–water partition coefficient (Wildman–Crippen LogP) is 3.67. The van der Waals surface area contributed by atoms with E-state index in [0.717, 1.165) is 5.56 Å². The van der Waals surface area contributed by atoms with Crippen LogP contribution >= 0.6 is 0 Å². The first-order valence-corrected chi connectivity index (χ1v) is 9.21. The summed E-state index contributed by atoms with van der Waals surface area (Å²) in [6.07, 6.45) is 0. The van der Waals surface area contributed by atoms with Gasteiger partial charge in [-0.25, -0.2) is 0 Å². The van der Waals surface area contributed by atoms with Crippen LogP contribution in [0.25, 0.3) is 0 Å². The molecule has 0 unspecified atom stereocenters. The van der Waals surface area contributed by atoms with Gasteiger partial charge in [0.05, 0.1) is 11.5 Å². The maximum absolute atomic E-state index is 12.5. The lowest BCUT2D eigenvalue weighted by atomic mass is 10.1. The summed E-state index contributed by atoms with van der Waals surface area (Å²) >= 11 is 0. The van der Waals surface area contributed by atoms with Crippen molar-refractivity contribution in [2.45, 2.75) is 27.3 Å². The van der Waals surface area contributed by atoms with Gasteiger partial charge in [-0.15, -0.1) is 0 Å². The van der Waals surface area contributed by atoms with Crippen LogP contribution in [0.1, 0.15) is 34.2 Å². The Labute approximate surface area is 172 Å². The van der Waals surface area contributed by atoms with Crippen LogP contribution in [0.15, 0.2) is 48.5 Å². The summed E-state index contributed by atoms with van der Waals surface area (Å²) in [4.78, 5) is 34.4. The number of aromatic nitrogens is 2. The molecule has 0 aliphatic heterocycles. The van der Waals surface area contributed by atoms with Gasteiger partial charge >= 0.3 is 5.69 Å². The van der Waals surface area contributed by atoms with Gasteiger partial charge in [0.25, 0.3) is 5.91 Å². The molecule has 2 amide bonds. The lowest BCUT2D eigenvalue weighted by Crippen LogP contribution is -2.13. The average molecular weight is 407 g/mol. The summed E-state index contributed by atoms with van der Waals surface area (Å²) in [7, 11) is 0. The molecule has 0 radical (unpaired) electrons. The molecule has 0 aliphatic rings. The number of nitro groups is 1. The van der Waals surface area contributed by atoms with Crippen molar-refractivity contribution >= 4 is 28.9 Å². The monoisotopic (exact) mass is 407 g/mol. The largest absolute Gasteiger partial charge is 0.326 e. The SMILES string of the molecule is CC(=O)Nc1cccc(NC(=O)c2ccc(Cn3nc(C)c([N+](=O)[O-])c3C)cc2)c1. The Morgan fingerprint density at radius 1 is 1.07 bits per heavy atom. The van der Waals surface area contributed by atoms with Gasteiger partial charge in [0.1, 0.15) is 11.4 Å². The molecule has 1 heterocycles. The Kier molecular flexibility index (Phi) is 5.91. The number of nitrogens with zero attached hydrogens (tertiary/aromatic N) is 3. The first-order valence-electron chi connectivity index (χ1n) is 9.21. The lowest BCUT2D eigenvalue weighted by Gasteiger charge is -2.09. The molecule has 154 valence electrons. The van der Waals surface area contributed by atoms with Gasteiger partial charge in [-0.3, -0.25) is 24.4 Å². The number of anilines is 2. The van der Waals surface area contributed by atoms with Crippen LogP contribution in [0, 0.1) is 24.0 Å². The molecule has 0 spiro atoms. The van der Waals surface area contributed by atoms with Gasteiger partial charge in [-0.2, -0.15) is 5.10 Å². The minimum absolute atomic E-state index is 0.0208. The Morgan fingerprint density at radius 2 is 1.70 bits per heavy atom. The minimum Gasteiger partial charge on any atom is -0.326 e. The van der Waals surface area contributed by atoms with Crippen molar-refractivity contribution in [2.75, 3.05) is 10.6 Å². The van der Waals surface area contributed by atoms with Crippen LogP contribution in [-0.4, -0.2) is 26.5 Å².